The molecule has 0 aromatic heterocycles. The van der Waals surface area contributed by atoms with E-state index in [2.05, 4.69) is 0 Å². The summed E-state index contributed by atoms with van der Waals surface area (Å²) in [5.41, 5.74) is 6.90. The number of nitrogens with two attached hydrogens (primary N) is 1. The van der Waals surface area contributed by atoms with Gasteiger partial charge in [-0.25, -0.2) is 0 Å². The maximum absolute atomic E-state index is 5.82. The highest BCUT2D eigenvalue weighted by molar-refractivity contribution is 5.30. The summed E-state index contributed by atoms with van der Waals surface area (Å²) >= 11 is 0. The van der Waals surface area contributed by atoms with Crippen molar-refractivity contribution in [2.45, 2.75) is 19.4 Å². The lowest BCUT2D eigenvalue weighted by molar-refractivity contribution is 0.0644. The zero-order chi connectivity index (χ0) is 13.2. The summed E-state index contributed by atoms with van der Waals surface area (Å²) < 4.78 is 15.9. The van der Waals surface area contributed by atoms with Crippen LogP contribution in [0.25, 0.3) is 0 Å². The minimum atomic E-state index is 0.0333. The Bertz CT molecular complexity index is 329. The Morgan fingerprint density at radius 1 is 1.17 bits per heavy atom. The highest BCUT2D eigenvalue weighted by Gasteiger charge is 2.01. The van der Waals surface area contributed by atoms with Gasteiger partial charge in [0.05, 0.1) is 19.8 Å². The van der Waals surface area contributed by atoms with E-state index < -0.39 is 0 Å². The summed E-state index contributed by atoms with van der Waals surface area (Å²) in [6, 6.07) is 7.92. The first-order valence-corrected chi connectivity index (χ1v) is 6.29. The number of benzene rings is 1. The van der Waals surface area contributed by atoms with E-state index in [1.54, 1.807) is 7.11 Å². The molecule has 0 saturated heterocycles. The standard InChI is InChI=1S/C14H23NO3/c1-12(15)13-5-3-6-14(11-13)18-8-4-7-17-10-9-16-2/h3,5-6,11-12H,4,7-10,15H2,1-2H3. The molecule has 0 heterocycles. The lowest BCUT2D eigenvalue weighted by Crippen LogP contribution is -2.07. The molecule has 0 saturated carbocycles. The molecule has 1 rings (SSSR count). The largest absolute Gasteiger partial charge is 0.493 e. The van der Waals surface area contributed by atoms with Crippen LogP contribution in [-0.2, 0) is 9.47 Å². The number of rotatable bonds is 9. The van der Waals surface area contributed by atoms with Gasteiger partial charge >= 0.3 is 0 Å². The third-order valence-corrected chi connectivity index (χ3v) is 2.52. The van der Waals surface area contributed by atoms with Crippen molar-refractivity contribution in [3.8, 4) is 5.75 Å². The fourth-order valence-corrected chi connectivity index (χ4v) is 1.48. The van der Waals surface area contributed by atoms with E-state index in [4.69, 9.17) is 19.9 Å². The van der Waals surface area contributed by atoms with Gasteiger partial charge in [-0.05, 0) is 24.6 Å². The quantitative estimate of drug-likeness (QED) is 0.685. The Morgan fingerprint density at radius 2 is 2.00 bits per heavy atom. The van der Waals surface area contributed by atoms with Gasteiger partial charge in [0.1, 0.15) is 5.75 Å². The maximum atomic E-state index is 5.82. The monoisotopic (exact) mass is 253 g/mol. The molecule has 102 valence electrons. The lowest BCUT2D eigenvalue weighted by Gasteiger charge is -2.10. The normalized spacial score (nSPS) is 12.4. The van der Waals surface area contributed by atoms with Gasteiger partial charge in [-0.15, -0.1) is 0 Å². The van der Waals surface area contributed by atoms with Crippen molar-refractivity contribution < 1.29 is 14.2 Å². The molecule has 18 heavy (non-hydrogen) atoms. The molecule has 0 aliphatic heterocycles. The van der Waals surface area contributed by atoms with Crippen molar-refractivity contribution in [1.82, 2.24) is 0 Å². The van der Waals surface area contributed by atoms with E-state index >= 15 is 0 Å². The molecule has 0 fully saturated rings. The van der Waals surface area contributed by atoms with Crippen LogP contribution < -0.4 is 10.5 Å². The second-order valence-corrected chi connectivity index (χ2v) is 4.17. The molecule has 0 radical (unpaired) electrons. The Balaban J connectivity index is 2.17. The average Bonchev–Trinajstić information content (AvgIpc) is 2.38. The van der Waals surface area contributed by atoms with Gasteiger partial charge in [0.15, 0.2) is 0 Å². The average molecular weight is 253 g/mol. The fourth-order valence-electron chi connectivity index (χ4n) is 1.48. The van der Waals surface area contributed by atoms with Gasteiger partial charge in [0.25, 0.3) is 0 Å². The molecule has 4 heteroatoms. The molecule has 1 atom stereocenters. The van der Waals surface area contributed by atoms with Crippen molar-refractivity contribution >= 4 is 0 Å². The fraction of sp³-hybridized carbons (Fsp3) is 0.571. The van der Waals surface area contributed by atoms with Crippen molar-refractivity contribution in [1.29, 1.82) is 0 Å². The van der Waals surface area contributed by atoms with E-state index in [-0.39, 0.29) is 6.04 Å². The van der Waals surface area contributed by atoms with Gasteiger partial charge in [-0.1, -0.05) is 12.1 Å². The first kappa shape index (κ1) is 15.0. The Hall–Kier alpha value is -1.10. The van der Waals surface area contributed by atoms with Crippen LogP contribution in [0, 0.1) is 0 Å². The van der Waals surface area contributed by atoms with Crippen molar-refractivity contribution in [2.75, 3.05) is 33.5 Å². The minimum absolute atomic E-state index is 0.0333. The van der Waals surface area contributed by atoms with Crippen molar-refractivity contribution in [3.63, 3.8) is 0 Å². The number of hydrogen-bond donors (Lipinski definition) is 1. The second-order valence-electron chi connectivity index (χ2n) is 4.17. The molecular formula is C14H23NO3. The molecule has 2 N–H and O–H groups in total. The molecule has 0 aliphatic rings. The van der Waals surface area contributed by atoms with Gasteiger partial charge in [-0.3, -0.25) is 0 Å². The summed E-state index contributed by atoms with van der Waals surface area (Å²) in [5, 5.41) is 0. The van der Waals surface area contributed by atoms with E-state index in [1.165, 1.54) is 0 Å². The Morgan fingerprint density at radius 3 is 2.72 bits per heavy atom. The predicted molar refractivity (Wildman–Crippen MR) is 71.9 cm³/mol. The molecule has 4 nitrogen and oxygen atoms in total. The van der Waals surface area contributed by atoms with Crippen LogP contribution in [0.1, 0.15) is 24.9 Å². The third kappa shape index (κ3) is 6.00. The van der Waals surface area contributed by atoms with E-state index in [1.807, 2.05) is 31.2 Å². The summed E-state index contributed by atoms with van der Waals surface area (Å²) in [7, 11) is 1.66. The molecule has 1 aromatic rings. The van der Waals surface area contributed by atoms with Crippen LogP contribution in [0.4, 0.5) is 0 Å². The SMILES string of the molecule is COCCOCCCOc1cccc(C(C)N)c1. The zero-order valence-electron chi connectivity index (χ0n) is 11.2. The third-order valence-electron chi connectivity index (χ3n) is 2.52. The summed E-state index contributed by atoms with van der Waals surface area (Å²) in [5.74, 6) is 0.863. The Kier molecular flexibility index (Phi) is 7.41. The van der Waals surface area contributed by atoms with Gasteiger partial charge in [0, 0.05) is 26.2 Å². The van der Waals surface area contributed by atoms with Crippen LogP contribution in [0.3, 0.4) is 0 Å². The maximum Gasteiger partial charge on any atom is 0.119 e. The number of hydrogen-bond acceptors (Lipinski definition) is 4. The minimum Gasteiger partial charge on any atom is -0.493 e. The van der Waals surface area contributed by atoms with Gasteiger partial charge < -0.3 is 19.9 Å². The molecule has 0 amide bonds. The van der Waals surface area contributed by atoms with E-state index in [0.29, 0.717) is 26.4 Å². The second kappa shape index (κ2) is 8.91. The number of ether oxygens (including phenoxy) is 3. The van der Waals surface area contributed by atoms with Crippen LogP contribution in [-0.4, -0.2) is 33.5 Å². The summed E-state index contributed by atoms with van der Waals surface area (Å²) in [6.07, 6.45) is 0.867. The number of methoxy groups -OCH3 is 1. The first-order valence-electron chi connectivity index (χ1n) is 6.29. The first-order chi connectivity index (χ1) is 8.74. The molecule has 0 spiro atoms. The Labute approximate surface area is 109 Å². The van der Waals surface area contributed by atoms with Gasteiger partial charge in [0.2, 0.25) is 0 Å². The van der Waals surface area contributed by atoms with Crippen LogP contribution in [0.5, 0.6) is 5.75 Å². The lowest BCUT2D eigenvalue weighted by atomic mass is 10.1. The molecule has 0 aliphatic carbocycles. The molecular weight excluding hydrogens is 230 g/mol. The zero-order valence-corrected chi connectivity index (χ0v) is 11.2. The smallest absolute Gasteiger partial charge is 0.119 e. The highest BCUT2D eigenvalue weighted by Crippen LogP contribution is 2.17. The molecule has 0 bridgehead atoms. The summed E-state index contributed by atoms with van der Waals surface area (Å²) in [6.45, 7) is 4.57. The van der Waals surface area contributed by atoms with E-state index in [0.717, 1.165) is 17.7 Å². The van der Waals surface area contributed by atoms with Crippen molar-refractivity contribution in [2.24, 2.45) is 5.73 Å². The topological polar surface area (TPSA) is 53.7 Å². The molecule has 1 unspecified atom stereocenters. The predicted octanol–water partition coefficient (Wildman–Crippen LogP) is 2.14. The van der Waals surface area contributed by atoms with Crippen molar-refractivity contribution in [3.05, 3.63) is 29.8 Å². The van der Waals surface area contributed by atoms with Gasteiger partial charge in [-0.2, -0.15) is 0 Å². The highest BCUT2D eigenvalue weighted by atomic mass is 16.5. The van der Waals surface area contributed by atoms with Crippen LogP contribution >= 0.6 is 0 Å². The van der Waals surface area contributed by atoms with Crippen LogP contribution in [0.15, 0.2) is 24.3 Å². The molecule has 1 aromatic carbocycles. The van der Waals surface area contributed by atoms with E-state index in [9.17, 15) is 0 Å². The van der Waals surface area contributed by atoms with Crippen LogP contribution in [0.2, 0.25) is 0 Å². The summed E-state index contributed by atoms with van der Waals surface area (Å²) in [4.78, 5) is 0.